The molecule has 36 heavy (non-hydrogen) atoms. The van der Waals surface area contributed by atoms with Gasteiger partial charge >= 0.3 is 0 Å². The van der Waals surface area contributed by atoms with Crippen molar-refractivity contribution in [2.75, 3.05) is 13.2 Å². The summed E-state index contributed by atoms with van der Waals surface area (Å²) in [5.74, 6) is 1.99. The number of imidazole rings is 1. The molecule has 0 bridgehead atoms. The van der Waals surface area contributed by atoms with Gasteiger partial charge in [-0.15, -0.1) is 0 Å². The lowest BCUT2D eigenvalue weighted by atomic mass is 10.1. The number of hydrogen-bond donors (Lipinski definition) is 0. The van der Waals surface area contributed by atoms with Gasteiger partial charge in [0.15, 0.2) is 0 Å². The second-order valence-corrected chi connectivity index (χ2v) is 9.26. The van der Waals surface area contributed by atoms with Crippen molar-refractivity contribution in [3.8, 4) is 28.4 Å². The molecule has 3 aromatic carbocycles. The lowest BCUT2D eigenvalue weighted by Gasteiger charge is -2.24. The van der Waals surface area contributed by atoms with Crippen LogP contribution in [-0.4, -0.2) is 27.6 Å². The summed E-state index contributed by atoms with van der Waals surface area (Å²) in [4.78, 5) is 7.83. The minimum atomic E-state index is 0.690. The van der Waals surface area contributed by atoms with Gasteiger partial charge in [0.05, 0.1) is 18.0 Å². The van der Waals surface area contributed by atoms with Crippen molar-refractivity contribution in [3.63, 3.8) is 0 Å². The molecule has 1 aromatic heterocycles. The summed E-state index contributed by atoms with van der Waals surface area (Å²) in [6.07, 6.45) is 3.41. The average molecular weight is 482 g/mol. The standard InChI is InChI=1S/C32H39N3O/c1-4-7-23-34(24-26-18-20-29(21-19-26)36-6-3)25-30-31(27-14-10-8-11-15-27)33-32(35(30)22-5-2)28-16-12-9-13-17-28/h8-21H,4-7,22-25H2,1-3H3. The molecule has 1 heterocycles. The molecule has 0 atom stereocenters. The van der Waals surface area contributed by atoms with Crippen molar-refractivity contribution in [1.82, 2.24) is 14.5 Å². The zero-order valence-corrected chi connectivity index (χ0v) is 22.0. The highest BCUT2D eigenvalue weighted by atomic mass is 16.5. The average Bonchev–Trinajstić information content (AvgIpc) is 3.27. The predicted octanol–water partition coefficient (Wildman–Crippen LogP) is 7.83. The number of hydrogen-bond acceptors (Lipinski definition) is 3. The first-order valence-corrected chi connectivity index (χ1v) is 13.4. The molecule has 4 heteroatoms. The molecule has 4 aromatic rings. The summed E-state index contributed by atoms with van der Waals surface area (Å²) in [5.41, 5.74) is 6.04. The van der Waals surface area contributed by atoms with E-state index in [0.717, 1.165) is 49.9 Å². The lowest BCUT2D eigenvalue weighted by Crippen LogP contribution is -2.26. The van der Waals surface area contributed by atoms with E-state index < -0.39 is 0 Å². The first-order chi connectivity index (χ1) is 17.7. The van der Waals surface area contributed by atoms with Crippen LogP contribution in [0.3, 0.4) is 0 Å². The van der Waals surface area contributed by atoms with E-state index in [-0.39, 0.29) is 0 Å². The molecule has 0 amide bonds. The van der Waals surface area contributed by atoms with E-state index in [9.17, 15) is 0 Å². The maximum atomic E-state index is 5.65. The van der Waals surface area contributed by atoms with E-state index >= 15 is 0 Å². The number of nitrogens with zero attached hydrogens (tertiary/aromatic N) is 3. The molecule has 0 aliphatic rings. The normalized spacial score (nSPS) is 11.2. The van der Waals surface area contributed by atoms with Gasteiger partial charge in [0.1, 0.15) is 11.6 Å². The first-order valence-electron chi connectivity index (χ1n) is 13.4. The van der Waals surface area contributed by atoms with Crippen LogP contribution in [0.15, 0.2) is 84.9 Å². The van der Waals surface area contributed by atoms with E-state index in [1.807, 2.05) is 6.92 Å². The van der Waals surface area contributed by atoms with E-state index in [4.69, 9.17) is 9.72 Å². The number of rotatable bonds is 13. The first kappa shape index (κ1) is 25.7. The monoisotopic (exact) mass is 481 g/mol. The smallest absolute Gasteiger partial charge is 0.140 e. The Bertz CT molecular complexity index is 1180. The van der Waals surface area contributed by atoms with Crippen LogP contribution >= 0.6 is 0 Å². The summed E-state index contributed by atoms with van der Waals surface area (Å²) < 4.78 is 8.11. The molecule has 188 valence electrons. The highest BCUT2D eigenvalue weighted by Crippen LogP contribution is 2.31. The van der Waals surface area contributed by atoms with Crippen LogP contribution in [0.2, 0.25) is 0 Å². The Balaban J connectivity index is 1.73. The molecule has 4 nitrogen and oxygen atoms in total. The van der Waals surface area contributed by atoms with Gasteiger partial charge in [0.2, 0.25) is 0 Å². The minimum Gasteiger partial charge on any atom is -0.494 e. The molecular formula is C32H39N3O. The quantitative estimate of drug-likeness (QED) is 0.195. The minimum absolute atomic E-state index is 0.690. The van der Waals surface area contributed by atoms with Crippen molar-refractivity contribution < 1.29 is 4.74 Å². The van der Waals surface area contributed by atoms with Gasteiger partial charge in [-0.3, -0.25) is 4.90 Å². The molecule has 0 radical (unpaired) electrons. The van der Waals surface area contributed by atoms with Crippen LogP contribution in [0.1, 0.15) is 51.3 Å². The van der Waals surface area contributed by atoms with E-state index in [0.29, 0.717) is 6.61 Å². The Morgan fingerprint density at radius 1 is 0.750 bits per heavy atom. The van der Waals surface area contributed by atoms with Gasteiger partial charge in [-0.05, 0) is 44.0 Å². The van der Waals surface area contributed by atoms with E-state index in [1.165, 1.54) is 35.2 Å². The third kappa shape index (κ3) is 6.44. The van der Waals surface area contributed by atoms with Crippen LogP contribution in [-0.2, 0) is 19.6 Å². The topological polar surface area (TPSA) is 30.3 Å². The van der Waals surface area contributed by atoms with Crippen LogP contribution in [0.5, 0.6) is 5.75 Å². The zero-order valence-electron chi connectivity index (χ0n) is 22.0. The van der Waals surface area contributed by atoms with Crippen molar-refractivity contribution in [2.45, 2.75) is 59.7 Å². The Hall–Kier alpha value is -3.37. The predicted molar refractivity (Wildman–Crippen MR) is 150 cm³/mol. The molecule has 4 rings (SSSR count). The maximum absolute atomic E-state index is 5.65. The van der Waals surface area contributed by atoms with Gasteiger partial charge < -0.3 is 9.30 Å². The largest absolute Gasteiger partial charge is 0.494 e. The maximum Gasteiger partial charge on any atom is 0.140 e. The molecule has 0 saturated heterocycles. The number of unbranched alkanes of at least 4 members (excludes halogenated alkanes) is 1. The van der Waals surface area contributed by atoms with Crippen LogP contribution in [0.4, 0.5) is 0 Å². The summed E-state index contributed by atoms with van der Waals surface area (Å²) in [6, 6.07) is 29.8. The summed E-state index contributed by atoms with van der Waals surface area (Å²) >= 11 is 0. The fourth-order valence-corrected chi connectivity index (χ4v) is 4.67. The molecule has 0 spiro atoms. The molecule has 0 fully saturated rings. The third-order valence-electron chi connectivity index (χ3n) is 6.44. The number of benzene rings is 3. The molecular weight excluding hydrogens is 442 g/mol. The molecule has 0 N–H and O–H groups in total. The second kappa shape index (κ2) is 13.1. The summed E-state index contributed by atoms with van der Waals surface area (Å²) in [7, 11) is 0. The van der Waals surface area contributed by atoms with Crippen LogP contribution < -0.4 is 4.74 Å². The van der Waals surface area contributed by atoms with Gasteiger partial charge in [-0.25, -0.2) is 4.98 Å². The zero-order chi connectivity index (χ0) is 25.2. The molecule has 0 aliphatic carbocycles. The van der Waals surface area contributed by atoms with Crippen molar-refractivity contribution >= 4 is 0 Å². The molecule has 0 unspecified atom stereocenters. The number of ether oxygens (including phenoxy) is 1. The highest BCUT2D eigenvalue weighted by molar-refractivity contribution is 5.68. The Morgan fingerprint density at radius 3 is 2.03 bits per heavy atom. The van der Waals surface area contributed by atoms with Crippen LogP contribution in [0, 0.1) is 0 Å². The highest BCUT2D eigenvalue weighted by Gasteiger charge is 2.21. The summed E-state index contributed by atoms with van der Waals surface area (Å²) in [6.45, 7) is 11.0. The van der Waals surface area contributed by atoms with Gasteiger partial charge in [0, 0.05) is 30.8 Å². The third-order valence-corrected chi connectivity index (χ3v) is 6.44. The fraction of sp³-hybridized carbons (Fsp3) is 0.344. The molecule has 0 aliphatic heterocycles. The van der Waals surface area contributed by atoms with Gasteiger partial charge in [0.25, 0.3) is 0 Å². The van der Waals surface area contributed by atoms with Crippen molar-refractivity contribution in [2.24, 2.45) is 0 Å². The number of aromatic nitrogens is 2. The van der Waals surface area contributed by atoms with Crippen molar-refractivity contribution in [1.29, 1.82) is 0 Å². The lowest BCUT2D eigenvalue weighted by molar-refractivity contribution is 0.246. The van der Waals surface area contributed by atoms with Crippen molar-refractivity contribution in [3.05, 3.63) is 96.2 Å². The van der Waals surface area contributed by atoms with Crippen LogP contribution in [0.25, 0.3) is 22.6 Å². The summed E-state index contributed by atoms with van der Waals surface area (Å²) in [5, 5.41) is 0. The van der Waals surface area contributed by atoms with Gasteiger partial charge in [-0.1, -0.05) is 93.1 Å². The fourth-order valence-electron chi connectivity index (χ4n) is 4.67. The SMILES string of the molecule is CCCCN(Cc1ccc(OCC)cc1)Cc1c(-c2ccccc2)nc(-c2ccccc2)n1CCC. The van der Waals surface area contributed by atoms with E-state index in [1.54, 1.807) is 0 Å². The Kier molecular flexibility index (Phi) is 9.34. The Labute approximate surface area is 216 Å². The Morgan fingerprint density at radius 2 is 1.42 bits per heavy atom. The van der Waals surface area contributed by atoms with E-state index in [2.05, 4.69) is 108 Å². The molecule has 0 saturated carbocycles. The second-order valence-electron chi connectivity index (χ2n) is 9.26. The van der Waals surface area contributed by atoms with Gasteiger partial charge in [-0.2, -0.15) is 0 Å².